The van der Waals surface area contributed by atoms with Crippen LogP contribution >= 0.6 is 0 Å². The minimum Gasteiger partial charge on any atom is -0.455 e. The molecule has 6 heteroatoms. The van der Waals surface area contributed by atoms with Gasteiger partial charge in [0.05, 0.1) is 12.2 Å². The lowest BCUT2D eigenvalue weighted by atomic mass is 10.2. The summed E-state index contributed by atoms with van der Waals surface area (Å²) in [5.41, 5.74) is 0.820. The lowest BCUT2D eigenvalue weighted by molar-refractivity contribution is -0.205. The molecule has 4 rings (SSSR count). The van der Waals surface area contributed by atoms with Crippen LogP contribution in [-0.2, 0) is 21.8 Å². The predicted molar refractivity (Wildman–Crippen MR) is 83.6 cm³/mol. The van der Waals surface area contributed by atoms with Crippen molar-refractivity contribution in [3.8, 4) is 0 Å². The highest BCUT2D eigenvalue weighted by Gasteiger charge is 2.49. The molecule has 3 atom stereocenters. The van der Waals surface area contributed by atoms with E-state index in [0.717, 1.165) is 17.4 Å². The molecule has 0 bridgehead atoms. The van der Waals surface area contributed by atoms with Crippen LogP contribution in [0.2, 0.25) is 0 Å². The largest absolute Gasteiger partial charge is 0.455 e. The summed E-state index contributed by atoms with van der Waals surface area (Å²) < 4.78 is 20.3. The van der Waals surface area contributed by atoms with Crippen molar-refractivity contribution in [1.82, 2.24) is 14.8 Å². The van der Waals surface area contributed by atoms with Crippen LogP contribution in [0.3, 0.4) is 0 Å². The van der Waals surface area contributed by atoms with Gasteiger partial charge in [-0.2, -0.15) is 5.10 Å². The molecular weight excluding hydrogens is 294 g/mol. The minimum atomic E-state index is -0.979. The van der Waals surface area contributed by atoms with Gasteiger partial charge in [0, 0.05) is 5.39 Å². The Morgan fingerprint density at radius 2 is 2.13 bits per heavy atom. The van der Waals surface area contributed by atoms with Crippen LogP contribution in [0.5, 0.6) is 0 Å². The molecule has 0 aliphatic carbocycles. The smallest absolute Gasteiger partial charge is 0.249 e. The minimum absolute atomic E-state index is 0.0169. The van der Waals surface area contributed by atoms with Gasteiger partial charge in [0.1, 0.15) is 24.8 Å². The third-order valence-corrected chi connectivity index (χ3v) is 4.28. The first kappa shape index (κ1) is 14.4. The molecule has 0 saturated carbocycles. The maximum Gasteiger partial charge on any atom is 0.249 e. The van der Waals surface area contributed by atoms with E-state index in [4.69, 9.17) is 13.9 Å². The topological polar surface area (TPSA) is 62.3 Å². The van der Waals surface area contributed by atoms with Crippen LogP contribution in [0.15, 0.2) is 47.4 Å². The Hall–Kier alpha value is -2.18. The number of hydrogen-bond donors (Lipinski definition) is 0. The monoisotopic (exact) mass is 313 g/mol. The maximum atomic E-state index is 6.29. The highest BCUT2D eigenvalue weighted by molar-refractivity contribution is 5.77. The average molecular weight is 313 g/mol. The zero-order valence-corrected chi connectivity index (χ0v) is 13.2. The van der Waals surface area contributed by atoms with Crippen LogP contribution < -0.4 is 0 Å². The molecule has 3 aromatic rings. The molecule has 23 heavy (non-hydrogen) atoms. The van der Waals surface area contributed by atoms with Gasteiger partial charge in [-0.1, -0.05) is 25.1 Å². The summed E-state index contributed by atoms with van der Waals surface area (Å²) in [6.45, 7) is 4.52. The van der Waals surface area contributed by atoms with E-state index in [1.165, 1.54) is 6.33 Å². The first-order chi connectivity index (χ1) is 11.2. The van der Waals surface area contributed by atoms with Crippen molar-refractivity contribution in [2.24, 2.45) is 0 Å². The Morgan fingerprint density at radius 1 is 1.26 bits per heavy atom. The van der Waals surface area contributed by atoms with E-state index in [-0.39, 0.29) is 12.2 Å². The summed E-state index contributed by atoms with van der Waals surface area (Å²) in [5, 5.41) is 5.21. The van der Waals surface area contributed by atoms with E-state index < -0.39 is 5.79 Å². The fourth-order valence-corrected chi connectivity index (χ4v) is 3.13. The molecule has 0 amide bonds. The number of nitrogens with zero attached hydrogens (tertiary/aromatic N) is 3. The van der Waals surface area contributed by atoms with E-state index in [1.807, 2.05) is 37.3 Å². The van der Waals surface area contributed by atoms with Gasteiger partial charge in [-0.15, -0.1) is 0 Å². The number of fused-ring (bicyclic) bond motifs is 1. The number of rotatable bonds is 4. The van der Waals surface area contributed by atoms with E-state index in [9.17, 15) is 0 Å². The van der Waals surface area contributed by atoms with Gasteiger partial charge in [-0.25, -0.2) is 9.67 Å². The van der Waals surface area contributed by atoms with Crippen LogP contribution in [0.4, 0.5) is 0 Å². The summed E-state index contributed by atoms with van der Waals surface area (Å²) in [7, 11) is 0. The first-order valence-electron chi connectivity index (χ1n) is 7.87. The molecule has 120 valence electrons. The molecule has 0 spiro atoms. The molecule has 1 aromatic carbocycles. The van der Waals surface area contributed by atoms with Crippen LogP contribution in [0.25, 0.3) is 11.0 Å². The third-order valence-electron chi connectivity index (χ3n) is 4.28. The summed E-state index contributed by atoms with van der Waals surface area (Å²) in [6.07, 6.45) is 4.03. The molecule has 6 nitrogen and oxygen atoms in total. The molecule has 0 radical (unpaired) electrons. The molecule has 1 saturated heterocycles. The zero-order chi connectivity index (χ0) is 15.9. The lowest BCUT2D eigenvalue weighted by Gasteiger charge is -2.25. The molecule has 1 aliphatic heterocycles. The van der Waals surface area contributed by atoms with Crippen molar-refractivity contribution >= 4 is 11.0 Å². The highest BCUT2D eigenvalue weighted by Crippen LogP contribution is 2.41. The SMILES string of the molecule is CCC1OC(Cn2cncn2)(c2cc3ccccc3o2)OC1C. The second kappa shape index (κ2) is 5.47. The van der Waals surface area contributed by atoms with Gasteiger partial charge in [-0.05, 0) is 25.5 Å². The van der Waals surface area contributed by atoms with E-state index in [1.54, 1.807) is 11.0 Å². The Morgan fingerprint density at radius 3 is 2.83 bits per heavy atom. The predicted octanol–water partition coefficient (Wildman–Crippen LogP) is 3.09. The van der Waals surface area contributed by atoms with Crippen molar-refractivity contribution in [1.29, 1.82) is 0 Å². The fraction of sp³-hybridized carbons (Fsp3) is 0.412. The zero-order valence-electron chi connectivity index (χ0n) is 13.2. The normalized spacial score (nSPS) is 27.7. The number of para-hydroxylation sites is 1. The number of furan rings is 1. The Balaban J connectivity index is 1.78. The van der Waals surface area contributed by atoms with Crippen molar-refractivity contribution in [2.45, 2.75) is 44.8 Å². The van der Waals surface area contributed by atoms with Crippen LogP contribution in [0, 0.1) is 0 Å². The second-order valence-corrected chi connectivity index (χ2v) is 5.88. The third kappa shape index (κ3) is 2.44. The number of ether oxygens (including phenoxy) is 2. The van der Waals surface area contributed by atoms with Gasteiger partial charge in [0.25, 0.3) is 0 Å². The Kier molecular flexibility index (Phi) is 3.43. The molecule has 1 aliphatic rings. The summed E-state index contributed by atoms with van der Waals surface area (Å²) in [5.74, 6) is -0.315. The Bertz CT molecular complexity index is 765. The van der Waals surface area contributed by atoms with Gasteiger partial charge in [-0.3, -0.25) is 0 Å². The molecule has 2 aromatic heterocycles. The number of hydrogen-bond acceptors (Lipinski definition) is 5. The summed E-state index contributed by atoms with van der Waals surface area (Å²) >= 11 is 0. The van der Waals surface area contributed by atoms with Gasteiger partial charge in [0.2, 0.25) is 5.79 Å². The van der Waals surface area contributed by atoms with Gasteiger partial charge >= 0.3 is 0 Å². The van der Waals surface area contributed by atoms with Crippen LogP contribution in [0.1, 0.15) is 26.0 Å². The van der Waals surface area contributed by atoms with Crippen LogP contribution in [-0.4, -0.2) is 27.0 Å². The summed E-state index contributed by atoms with van der Waals surface area (Å²) in [4.78, 5) is 4.00. The summed E-state index contributed by atoms with van der Waals surface area (Å²) in [6, 6.07) is 9.88. The van der Waals surface area contributed by atoms with E-state index >= 15 is 0 Å². The van der Waals surface area contributed by atoms with E-state index in [0.29, 0.717) is 12.3 Å². The fourth-order valence-electron chi connectivity index (χ4n) is 3.13. The van der Waals surface area contributed by atoms with Gasteiger partial charge < -0.3 is 13.9 Å². The molecule has 1 fully saturated rings. The number of benzene rings is 1. The maximum absolute atomic E-state index is 6.29. The first-order valence-corrected chi connectivity index (χ1v) is 7.87. The molecule has 3 unspecified atom stereocenters. The number of aromatic nitrogens is 3. The second-order valence-electron chi connectivity index (χ2n) is 5.88. The van der Waals surface area contributed by atoms with Crippen molar-refractivity contribution < 1.29 is 13.9 Å². The van der Waals surface area contributed by atoms with E-state index in [2.05, 4.69) is 17.0 Å². The van der Waals surface area contributed by atoms with Gasteiger partial charge in [0.15, 0.2) is 5.76 Å². The molecule has 3 heterocycles. The highest BCUT2D eigenvalue weighted by atomic mass is 16.8. The quantitative estimate of drug-likeness (QED) is 0.740. The average Bonchev–Trinajstić information content (AvgIpc) is 3.26. The standard InChI is InChI=1S/C17H19N3O3/c1-3-14-12(2)22-17(23-14,9-20-11-18-10-19-20)16-8-13-6-4-5-7-15(13)21-16/h4-8,10-12,14H,3,9H2,1-2H3. The molecule has 0 N–H and O–H groups in total. The van der Waals surface area contributed by atoms with Crippen molar-refractivity contribution in [2.75, 3.05) is 0 Å². The van der Waals surface area contributed by atoms with Crippen molar-refractivity contribution in [3.63, 3.8) is 0 Å². The Labute approximate surface area is 134 Å². The lowest BCUT2D eigenvalue weighted by Crippen LogP contribution is -2.33. The molecular formula is C17H19N3O3. The van der Waals surface area contributed by atoms with Crippen molar-refractivity contribution in [3.05, 3.63) is 48.7 Å².